The van der Waals surface area contributed by atoms with E-state index in [1.165, 1.54) is 25.0 Å². The number of phenolic OH excluding ortho intramolecular Hbond substituents is 1. The Morgan fingerprint density at radius 1 is 1.25 bits per heavy atom. The van der Waals surface area contributed by atoms with Crippen LogP contribution in [0.15, 0.2) is 23.2 Å². The molecule has 3 N–H and O–H groups in total. The summed E-state index contributed by atoms with van der Waals surface area (Å²) < 4.78 is 13.2. The summed E-state index contributed by atoms with van der Waals surface area (Å²) in [5.41, 5.74) is 0.728. The highest BCUT2D eigenvalue weighted by molar-refractivity contribution is 5.79. The lowest BCUT2D eigenvalue weighted by Gasteiger charge is -2.11. The van der Waals surface area contributed by atoms with Gasteiger partial charge in [-0.05, 0) is 31.0 Å². The van der Waals surface area contributed by atoms with Gasteiger partial charge in [0.2, 0.25) is 0 Å². The van der Waals surface area contributed by atoms with Crippen LogP contribution in [0.5, 0.6) is 5.75 Å². The molecular weight excluding hydrogens is 257 g/mol. The lowest BCUT2D eigenvalue weighted by atomic mass is 10.2. The largest absolute Gasteiger partial charge is 0.505 e. The van der Waals surface area contributed by atoms with Crippen LogP contribution in [0.2, 0.25) is 0 Å². The van der Waals surface area contributed by atoms with Crippen molar-refractivity contribution in [2.75, 3.05) is 13.1 Å². The quantitative estimate of drug-likeness (QED) is 0.409. The molecule has 0 amide bonds. The first kappa shape index (κ1) is 16.3. The maximum Gasteiger partial charge on any atom is 0.191 e. The number of nitrogens with zero attached hydrogens (tertiary/aromatic N) is 1. The molecule has 5 heteroatoms. The van der Waals surface area contributed by atoms with E-state index >= 15 is 0 Å². The van der Waals surface area contributed by atoms with Gasteiger partial charge in [-0.3, -0.25) is 0 Å². The summed E-state index contributed by atoms with van der Waals surface area (Å²) in [4.78, 5) is 4.40. The van der Waals surface area contributed by atoms with E-state index < -0.39 is 5.82 Å². The Morgan fingerprint density at radius 2 is 2.05 bits per heavy atom. The molecule has 0 aromatic heterocycles. The number of nitrogens with one attached hydrogen (secondary N) is 2. The van der Waals surface area contributed by atoms with Crippen LogP contribution in [0.25, 0.3) is 0 Å². The first-order valence-corrected chi connectivity index (χ1v) is 7.17. The Balaban J connectivity index is 2.54. The Bertz CT molecular complexity index is 435. The topological polar surface area (TPSA) is 56.7 Å². The van der Waals surface area contributed by atoms with Crippen LogP contribution in [0.4, 0.5) is 4.39 Å². The highest BCUT2D eigenvalue weighted by Gasteiger charge is 2.02. The molecule has 0 aliphatic rings. The standard InChI is InChI=1S/C15H24FN3O/c1-3-5-6-9-18-15(17-4-2)19-11-12-7-8-14(20)13(16)10-12/h7-8,10,20H,3-6,9,11H2,1-2H3,(H2,17,18,19). The normalized spacial score (nSPS) is 11.4. The smallest absolute Gasteiger partial charge is 0.191 e. The van der Waals surface area contributed by atoms with Crippen molar-refractivity contribution in [2.24, 2.45) is 4.99 Å². The van der Waals surface area contributed by atoms with E-state index in [1.807, 2.05) is 6.92 Å². The third kappa shape index (κ3) is 5.91. The maximum atomic E-state index is 13.2. The Labute approximate surface area is 120 Å². The summed E-state index contributed by atoms with van der Waals surface area (Å²) in [6, 6.07) is 4.32. The van der Waals surface area contributed by atoms with Crippen molar-refractivity contribution in [3.8, 4) is 5.75 Å². The molecule has 1 aromatic carbocycles. The number of benzene rings is 1. The second-order valence-corrected chi connectivity index (χ2v) is 4.61. The molecule has 0 unspecified atom stereocenters. The van der Waals surface area contributed by atoms with Gasteiger partial charge >= 0.3 is 0 Å². The van der Waals surface area contributed by atoms with Gasteiger partial charge in [-0.15, -0.1) is 0 Å². The van der Waals surface area contributed by atoms with Crippen molar-refractivity contribution < 1.29 is 9.50 Å². The molecule has 0 radical (unpaired) electrons. The molecule has 0 saturated carbocycles. The van der Waals surface area contributed by atoms with E-state index in [1.54, 1.807) is 6.07 Å². The zero-order valence-electron chi connectivity index (χ0n) is 12.2. The van der Waals surface area contributed by atoms with Gasteiger partial charge in [0.15, 0.2) is 17.5 Å². The van der Waals surface area contributed by atoms with Crippen molar-refractivity contribution in [1.29, 1.82) is 0 Å². The number of phenols is 1. The molecule has 0 heterocycles. The number of hydrogen-bond donors (Lipinski definition) is 3. The van der Waals surface area contributed by atoms with Crippen LogP contribution < -0.4 is 10.6 Å². The van der Waals surface area contributed by atoms with Crippen molar-refractivity contribution >= 4 is 5.96 Å². The number of unbranched alkanes of at least 4 members (excludes halogenated alkanes) is 2. The van der Waals surface area contributed by atoms with Crippen molar-refractivity contribution in [3.05, 3.63) is 29.6 Å². The fourth-order valence-corrected chi connectivity index (χ4v) is 1.74. The molecular formula is C15H24FN3O. The van der Waals surface area contributed by atoms with Crippen molar-refractivity contribution in [3.63, 3.8) is 0 Å². The Hall–Kier alpha value is -1.78. The number of aliphatic imine (C=N–C) groups is 1. The SMILES string of the molecule is CCCCCNC(=NCc1ccc(O)c(F)c1)NCC. The van der Waals surface area contributed by atoms with E-state index in [0.717, 1.165) is 31.0 Å². The van der Waals surface area contributed by atoms with Gasteiger partial charge in [0.05, 0.1) is 6.54 Å². The minimum atomic E-state index is -0.612. The second-order valence-electron chi connectivity index (χ2n) is 4.61. The van der Waals surface area contributed by atoms with E-state index in [9.17, 15) is 4.39 Å². The average Bonchev–Trinajstić information content (AvgIpc) is 2.44. The highest BCUT2D eigenvalue weighted by atomic mass is 19.1. The molecule has 20 heavy (non-hydrogen) atoms. The summed E-state index contributed by atoms with van der Waals surface area (Å²) in [5.74, 6) is -0.210. The maximum absolute atomic E-state index is 13.2. The van der Waals surface area contributed by atoms with Crippen LogP contribution >= 0.6 is 0 Å². The van der Waals surface area contributed by atoms with Gasteiger partial charge in [-0.1, -0.05) is 25.8 Å². The fourth-order valence-electron chi connectivity index (χ4n) is 1.74. The second kappa shape index (κ2) is 9.18. The minimum Gasteiger partial charge on any atom is -0.505 e. The summed E-state index contributed by atoms with van der Waals surface area (Å²) in [6.07, 6.45) is 3.48. The summed E-state index contributed by atoms with van der Waals surface area (Å²) in [7, 11) is 0. The Kier molecular flexibility index (Phi) is 7.47. The predicted molar refractivity (Wildman–Crippen MR) is 80.4 cm³/mol. The number of aromatic hydroxyl groups is 1. The molecule has 0 spiro atoms. The average molecular weight is 281 g/mol. The van der Waals surface area contributed by atoms with Crippen molar-refractivity contribution in [1.82, 2.24) is 10.6 Å². The van der Waals surface area contributed by atoms with E-state index in [-0.39, 0.29) is 5.75 Å². The van der Waals surface area contributed by atoms with Crippen LogP contribution in [0.1, 0.15) is 38.7 Å². The molecule has 1 aromatic rings. The fraction of sp³-hybridized carbons (Fsp3) is 0.533. The Morgan fingerprint density at radius 3 is 2.70 bits per heavy atom. The van der Waals surface area contributed by atoms with Crippen LogP contribution in [0, 0.1) is 5.82 Å². The summed E-state index contributed by atoms with van der Waals surface area (Å²) in [6.45, 7) is 6.20. The third-order valence-corrected chi connectivity index (χ3v) is 2.85. The van der Waals surface area contributed by atoms with E-state index in [4.69, 9.17) is 5.11 Å². The van der Waals surface area contributed by atoms with Crippen LogP contribution in [-0.4, -0.2) is 24.2 Å². The highest BCUT2D eigenvalue weighted by Crippen LogP contribution is 2.16. The zero-order chi connectivity index (χ0) is 14.8. The lowest BCUT2D eigenvalue weighted by molar-refractivity contribution is 0.432. The number of halogens is 1. The van der Waals surface area contributed by atoms with Gasteiger partial charge in [-0.2, -0.15) is 0 Å². The zero-order valence-corrected chi connectivity index (χ0v) is 12.2. The molecule has 0 bridgehead atoms. The number of hydrogen-bond acceptors (Lipinski definition) is 2. The molecule has 4 nitrogen and oxygen atoms in total. The van der Waals surface area contributed by atoms with E-state index in [0.29, 0.717) is 6.54 Å². The van der Waals surface area contributed by atoms with E-state index in [2.05, 4.69) is 22.5 Å². The monoisotopic (exact) mass is 281 g/mol. The molecule has 1 rings (SSSR count). The first-order valence-electron chi connectivity index (χ1n) is 7.17. The molecule has 0 atom stereocenters. The lowest BCUT2D eigenvalue weighted by Crippen LogP contribution is -2.37. The summed E-state index contributed by atoms with van der Waals surface area (Å²) in [5, 5.41) is 15.5. The van der Waals surface area contributed by atoms with Crippen molar-refractivity contribution in [2.45, 2.75) is 39.7 Å². The van der Waals surface area contributed by atoms with Gasteiger partial charge < -0.3 is 15.7 Å². The molecule has 112 valence electrons. The van der Waals surface area contributed by atoms with Gasteiger partial charge in [-0.25, -0.2) is 9.38 Å². The molecule has 0 aliphatic heterocycles. The van der Waals surface area contributed by atoms with Gasteiger partial charge in [0.25, 0.3) is 0 Å². The molecule has 0 aliphatic carbocycles. The predicted octanol–water partition coefficient (Wildman–Crippen LogP) is 2.78. The minimum absolute atomic E-state index is 0.331. The number of rotatable bonds is 7. The summed E-state index contributed by atoms with van der Waals surface area (Å²) >= 11 is 0. The molecule has 0 saturated heterocycles. The third-order valence-electron chi connectivity index (χ3n) is 2.85. The van der Waals surface area contributed by atoms with Crippen LogP contribution in [0.3, 0.4) is 0 Å². The first-order chi connectivity index (χ1) is 9.67. The van der Waals surface area contributed by atoms with Gasteiger partial charge in [0.1, 0.15) is 0 Å². The number of guanidine groups is 1. The molecule has 0 fully saturated rings. The van der Waals surface area contributed by atoms with Crippen LogP contribution in [-0.2, 0) is 6.54 Å². The van der Waals surface area contributed by atoms with Gasteiger partial charge in [0, 0.05) is 13.1 Å².